The van der Waals surface area contributed by atoms with Crippen molar-refractivity contribution in [1.82, 2.24) is 19.5 Å². The van der Waals surface area contributed by atoms with Crippen LogP contribution in [0.3, 0.4) is 0 Å². The lowest BCUT2D eigenvalue weighted by Gasteiger charge is -2.45. The number of carbonyl (C=O) groups excluding carboxylic acids is 4. The van der Waals surface area contributed by atoms with Crippen LogP contribution in [0.5, 0.6) is 0 Å². The molecule has 0 bridgehead atoms. The Morgan fingerprint density at radius 2 is 1.61 bits per heavy atom. The molecule has 1 fully saturated rings. The molecule has 0 radical (unpaired) electrons. The third-order valence-electron chi connectivity index (χ3n) is 9.12. The number of likely N-dealkylation sites (tertiary alicyclic amines) is 1. The number of rotatable bonds is 9. The number of carbonyl (C=O) groups is 4. The molecule has 2 aromatic heterocycles. The van der Waals surface area contributed by atoms with Gasteiger partial charge >= 0.3 is 12.2 Å². The molecular formula is C42H53FN8O6. The Bertz CT molecular complexity index is 2170. The van der Waals surface area contributed by atoms with Crippen molar-refractivity contribution in [2.75, 3.05) is 27.4 Å². The minimum absolute atomic E-state index is 0.0502. The third kappa shape index (κ3) is 10.5. The van der Waals surface area contributed by atoms with E-state index in [1.54, 1.807) is 78.8 Å². The number of aromatic nitrogens is 3. The van der Waals surface area contributed by atoms with Gasteiger partial charge in [0, 0.05) is 46.7 Å². The second kappa shape index (κ2) is 16.2. The Hall–Kier alpha value is -5.99. The summed E-state index contributed by atoms with van der Waals surface area (Å²) in [6.07, 6.45) is 2.13. The number of halogens is 1. The smallest absolute Gasteiger partial charge is 0.420 e. The van der Waals surface area contributed by atoms with Crippen LogP contribution in [0.25, 0.3) is 5.65 Å². The van der Waals surface area contributed by atoms with Gasteiger partial charge < -0.3 is 30.3 Å². The van der Waals surface area contributed by atoms with Crippen molar-refractivity contribution in [1.29, 1.82) is 0 Å². The minimum Gasteiger partial charge on any atom is -0.444 e. The first kappa shape index (κ1) is 42.2. The van der Waals surface area contributed by atoms with Crippen molar-refractivity contribution >= 4 is 58.3 Å². The van der Waals surface area contributed by atoms with Gasteiger partial charge in [-0.2, -0.15) is 9.61 Å². The number of amides is 4. The number of piperidine rings is 1. The number of hydrogen-bond acceptors (Lipinski definition) is 9. The molecule has 1 aliphatic rings. The van der Waals surface area contributed by atoms with Crippen molar-refractivity contribution in [2.24, 2.45) is 0 Å². The average molecular weight is 785 g/mol. The van der Waals surface area contributed by atoms with E-state index in [4.69, 9.17) is 14.5 Å². The zero-order valence-corrected chi connectivity index (χ0v) is 34.3. The van der Waals surface area contributed by atoms with Crippen molar-refractivity contribution in [3.05, 3.63) is 84.3 Å². The van der Waals surface area contributed by atoms with E-state index in [0.29, 0.717) is 41.6 Å². The van der Waals surface area contributed by atoms with Crippen molar-refractivity contribution in [2.45, 2.75) is 111 Å². The highest BCUT2D eigenvalue weighted by Gasteiger charge is 2.40. The van der Waals surface area contributed by atoms with Gasteiger partial charge in [0.2, 0.25) is 0 Å². The highest BCUT2D eigenvalue weighted by Crippen LogP contribution is 2.35. The van der Waals surface area contributed by atoms with E-state index in [2.05, 4.69) is 27.6 Å². The summed E-state index contributed by atoms with van der Waals surface area (Å²) in [5.74, 6) is -1.78. The molecule has 57 heavy (non-hydrogen) atoms. The molecule has 0 spiro atoms. The first-order valence-corrected chi connectivity index (χ1v) is 18.9. The molecule has 304 valence electrons. The van der Waals surface area contributed by atoms with Crippen LogP contribution in [0, 0.1) is 0 Å². The van der Waals surface area contributed by atoms with Crippen LogP contribution in [0.4, 0.5) is 42.7 Å². The van der Waals surface area contributed by atoms with Gasteiger partial charge in [-0.05, 0) is 117 Å². The summed E-state index contributed by atoms with van der Waals surface area (Å²) < 4.78 is 26.5. The highest BCUT2D eigenvalue weighted by atomic mass is 19.1. The van der Waals surface area contributed by atoms with Crippen LogP contribution in [-0.2, 0) is 14.3 Å². The Morgan fingerprint density at radius 3 is 2.23 bits per heavy atom. The number of benzene rings is 2. The Morgan fingerprint density at radius 1 is 0.947 bits per heavy atom. The van der Waals surface area contributed by atoms with E-state index in [0.717, 1.165) is 12.0 Å². The summed E-state index contributed by atoms with van der Waals surface area (Å²) >= 11 is 0. The van der Waals surface area contributed by atoms with Gasteiger partial charge in [0.25, 0.3) is 11.8 Å². The lowest BCUT2D eigenvalue weighted by Crippen LogP contribution is -2.57. The summed E-state index contributed by atoms with van der Waals surface area (Å²) in [7, 11) is 0. The van der Waals surface area contributed by atoms with E-state index in [-0.39, 0.29) is 29.3 Å². The third-order valence-corrected chi connectivity index (χ3v) is 9.12. The molecule has 4 amide bonds. The maximum Gasteiger partial charge on any atom is 0.420 e. The molecule has 3 N–H and O–H groups in total. The lowest BCUT2D eigenvalue weighted by molar-refractivity contribution is -0.114. The predicted octanol–water partition coefficient (Wildman–Crippen LogP) is 9.19. The molecule has 0 unspecified atom stereocenters. The Balaban J connectivity index is 1.50. The first-order chi connectivity index (χ1) is 26.5. The van der Waals surface area contributed by atoms with Crippen LogP contribution in [-0.4, -0.2) is 72.8 Å². The van der Waals surface area contributed by atoms with Crippen LogP contribution < -0.4 is 20.9 Å². The predicted molar refractivity (Wildman–Crippen MR) is 219 cm³/mol. The van der Waals surface area contributed by atoms with E-state index in [1.807, 2.05) is 48.5 Å². The van der Waals surface area contributed by atoms with Crippen LogP contribution in [0.15, 0.2) is 73.2 Å². The standard InChI is InChI=1S/C42H53FN8O6/c1-25(2)32-23-44-51-34(22-33(48-35(32)51)45-30-19-20-42(10,11)49(24-30)38(54)56-40(4,5)6)50(39(55)57-41(7,8)9)31-17-15-28(16-18-31)46-37(53)27-13-12-14-29(21-27)47-36(52)26(3)43/h12-18,21-23,25,30H,3,19-20,24H2,1-2,4-11H3,(H,45,48)(H,46,53)(H,47,52)/t30-/m0/s1. The van der Waals surface area contributed by atoms with Crippen LogP contribution >= 0.6 is 0 Å². The van der Waals surface area contributed by atoms with Crippen LogP contribution in [0.1, 0.15) is 104 Å². The maximum atomic E-state index is 14.2. The summed E-state index contributed by atoms with van der Waals surface area (Å²) in [5.41, 5.74) is 0.732. The second-order valence-electron chi connectivity index (χ2n) is 17.0. The quantitative estimate of drug-likeness (QED) is 0.141. The molecule has 4 aromatic rings. The zero-order valence-electron chi connectivity index (χ0n) is 34.3. The van der Waals surface area contributed by atoms with Gasteiger partial charge in [-0.1, -0.05) is 26.5 Å². The maximum absolute atomic E-state index is 14.2. The monoisotopic (exact) mass is 784 g/mol. The fourth-order valence-electron chi connectivity index (χ4n) is 6.26. The summed E-state index contributed by atoms with van der Waals surface area (Å²) in [4.78, 5) is 60.6. The van der Waals surface area contributed by atoms with Crippen LogP contribution in [0.2, 0.25) is 0 Å². The number of nitrogens with one attached hydrogen (secondary N) is 3. The van der Waals surface area contributed by atoms with E-state index in [1.165, 1.54) is 17.0 Å². The van der Waals surface area contributed by atoms with Gasteiger partial charge in [0.05, 0.1) is 11.9 Å². The number of fused-ring (bicyclic) bond motifs is 1. The zero-order chi connectivity index (χ0) is 42.0. The summed E-state index contributed by atoms with van der Waals surface area (Å²) in [5, 5.41) is 13.4. The topological polar surface area (TPSA) is 159 Å². The molecule has 1 atom stereocenters. The Kier molecular flexibility index (Phi) is 12.0. The molecule has 14 nitrogen and oxygen atoms in total. The number of nitrogens with zero attached hydrogens (tertiary/aromatic N) is 5. The fraction of sp³-hybridized carbons (Fsp3) is 0.429. The van der Waals surface area contributed by atoms with Crippen molar-refractivity contribution in [3.63, 3.8) is 0 Å². The van der Waals surface area contributed by atoms with Gasteiger partial charge in [-0.25, -0.2) is 23.9 Å². The SMILES string of the molecule is C=C(F)C(=O)Nc1cccc(C(=O)Nc2ccc(N(C(=O)OC(C)(C)C)c3cc(N[C@H]4CCC(C)(C)N(C(=O)OC(C)(C)C)C4)nc4c(C(C)C)cnn34)cc2)c1. The number of hydrogen-bond donors (Lipinski definition) is 3. The molecule has 5 rings (SSSR count). The van der Waals surface area contributed by atoms with Gasteiger partial charge in [0.15, 0.2) is 11.5 Å². The second-order valence-corrected chi connectivity index (χ2v) is 17.0. The first-order valence-electron chi connectivity index (χ1n) is 18.9. The summed E-state index contributed by atoms with van der Waals surface area (Å²) in [6, 6.07) is 14.2. The molecule has 0 saturated carbocycles. The lowest BCUT2D eigenvalue weighted by atomic mass is 9.88. The normalized spacial score (nSPS) is 15.5. The molecular weight excluding hydrogens is 732 g/mol. The molecule has 2 aromatic carbocycles. The highest BCUT2D eigenvalue weighted by molar-refractivity contribution is 6.06. The van der Waals surface area contributed by atoms with E-state index in [9.17, 15) is 23.6 Å². The fourth-order valence-corrected chi connectivity index (χ4v) is 6.26. The van der Waals surface area contributed by atoms with Crippen molar-refractivity contribution in [3.8, 4) is 0 Å². The molecule has 3 heterocycles. The number of anilines is 5. The molecule has 1 saturated heterocycles. The number of ether oxygens (including phenoxy) is 2. The van der Waals surface area contributed by atoms with E-state index >= 15 is 0 Å². The summed E-state index contributed by atoms with van der Waals surface area (Å²) in [6.45, 7) is 22.3. The van der Waals surface area contributed by atoms with Gasteiger partial charge in [-0.15, -0.1) is 0 Å². The van der Waals surface area contributed by atoms with Crippen molar-refractivity contribution < 1.29 is 33.0 Å². The average Bonchev–Trinajstić information content (AvgIpc) is 3.53. The van der Waals surface area contributed by atoms with Gasteiger partial charge in [-0.3, -0.25) is 9.59 Å². The molecule has 1 aliphatic heterocycles. The largest absolute Gasteiger partial charge is 0.444 e. The van der Waals surface area contributed by atoms with E-state index < -0.39 is 40.5 Å². The molecule has 15 heteroatoms. The minimum atomic E-state index is -1.15. The Labute approximate surface area is 332 Å². The van der Waals surface area contributed by atoms with Gasteiger partial charge in [0.1, 0.15) is 22.8 Å². The molecule has 0 aliphatic carbocycles.